The Hall–Kier alpha value is -1.24. The number of alkyl halides is 3. The highest BCUT2D eigenvalue weighted by Gasteiger charge is 2.26. The highest BCUT2D eigenvalue weighted by atomic mass is 79.9. The standard InChI is InChI=1S/C14H19BrF3N3/c1-19-13(21-9-7-14(16,17)18)20-8-3-5-11-4-2-6-12(15)10-11/h2,4,6,10H,3,5,7-9H2,1H3,(H2,19,20,21). The van der Waals surface area contributed by atoms with Crippen LogP contribution in [0.5, 0.6) is 0 Å². The molecule has 0 aliphatic carbocycles. The van der Waals surface area contributed by atoms with E-state index in [-0.39, 0.29) is 6.54 Å². The van der Waals surface area contributed by atoms with Crippen LogP contribution in [0.25, 0.3) is 0 Å². The average Bonchev–Trinajstić information content (AvgIpc) is 2.40. The number of nitrogens with zero attached hydrogens (tertiary/aromatic N) is 1. The van der Waals surface area contributed by atoms with Gasteiger partial charge >= 0.3 is 6.18 Å². The van der Waals surface area contributed by atoms with E-state index in [1.165, 1.54) is 12.6 Å². The Kier molecular flexibility index (Phi) is 7.56. The highest BCUT2D eigenvalue weighted by Crippen LogP contribution is 2.18. The van der Waals surface area contributed by atoms with Crippen molar-refractivity contribution in [2.24, 2.45) is 4.99 Å². The second-order valence-corrected chi connectivity index (χ2v) is 5.44. The molecule has 2 N–H and O–H groups in total. The van der Waals surface area contributed by atoms with Crippen molar-refractivity contribution in [2.45, 2.75) is 25.4 Å². The summed E-state index contributed by atoms with van der Waals surface area (Å²) in [6.07, 6.45) is -3.25. The third-order valence-electron chi connectivity index (χ3n) is 2.75. The lowest BCUT2D eigenvalue weighted by Gasteiger charge is -2.12. The Morgan fingerprint density at radius 3 is 2.57 bits per heavy atom. The molecule has 1 rings (SSSR count). The topological polar surface area (TPSA) is 36.4 Å². The third-order valence-corrected chi connectivity index (χ3v) is 3.24. The van der Waals surface area contributed by atoms with Crippen LogP contribution in [0, 0.1) is 0 Å². The van der Waals surface area contributed by atoms with Crippen molar-refractivity contribution >= 4 is 21.9 Å². The molecule has 0 spiro atoms. The maximum absolute atomic E-state index is 12.0. The molecule has 0 unspecified atom stereocenters. The minimum absolute atomic E-state index is 0.172. The first-order valence-corrected chi connectivity index (χ1v) is 7.46. The smallest absolute Gasteiger partial charge is 0.356 e. The number of hydrogen-bond acceptors (Lipinski definition) is 1. The summed E-state index contributed by atoms with van der Waals surface area (Å²) in [7, 11) is 1.54. The maximum atomic E-state index is 12.0. The van der Waals surface area contributed by atoms with Gasteiger partial charge in [-0.2, -0.15) is 13.2 Å². The van der Waals surface area contributed by atoms with Gasteiger partial charge in [0.15, 0.2) is 5.96 Å². The van der Waals surface area contributed by atoms with Crippen molar-refractivity contribution in [3.63, 3.8) is 0 Å². The molecule has 1 aromatic carbocycles. The van der Waals surface area contributed by atoms with E-state index < -0.39 is 12.6 Å². The summed E-state index contributed by atoms with van der Waals surface area (Å²) in [5.41, 5.74) is 1.21. The van der Waals surface area contributed by atoms with E-state index in [1.807, 2.05) is 18.2 Å². The summed E-state index contributed by atoms with van der Waals surface area (Å²) in [5.74, 6) is 0.397. The van der Waals surface area contributed by atoms with Gasteiger partial charge in [0.25, 0.3) is 0 Å². The van der Waals surface area contributed by atoms with E-state index in [0.717, 1.165) is 17.3 Å². The summed E-state index contributed by atoms with van der Waals surface area (Å²) in [6, 6.07) is 8.04. The van der Waals surface area contributed by atoms with E-state index in [2.05, 4.69) is 37.6 Å². The van der Waals surface area contributed by atoms with Gasteiger partial charge in [-0.3, -0.25) is 4.99 Å². The van der Waals surface area contributed by atoms with Crippen LogP contribution < -0.4 is 10.6 Å². The molecule has 21 heavy (non-hydrogen) atoms. The van der Waals surface area contributed by atoms with Gasteiger partial charge in [-0.25, -0.2) is 0 Å². The van der Waals surface area contributed by atoms with Crippen molar-refractivity contribution in [2.75, 3.05) is 20.1 Å². The number of nitrogens with one attached hydrogen (secondary N) is 2. The van der Waals surface area contributed by atoms with Crippen LogP contribution in [-0.4, -0.2) is 32.3 Å². The SMILES string of the molecule is CN=C(NCCCc1cccc(Br)c1)NCCC(F)(F)F. The number of hydrogen-bond donors (Lipinski definition) is 2. The predicted octanol–water partition coefficient (Wildman–Crippen LogP) is 3.50. The monoisotopic (exact) mass is 365 g/mol. The number of guanidine groups is 1. The molecule has 0 saturated heterocycles. The van der Waals surface area contributed by atoms with Gasteiger partial charge in [0, 0.05) is 24.6 Å². The minimum Gasteiger partial charge on any atom is -0.356 e. The molecular weight excluding hydrogens is 347 g/mol. The van der Waals surface area contributed by atoms with Gasteiger partial charge in [-0.15, -0.1) is 0 Å². The first-order valence-electron chi connectivity index (χ1n) is 6.66. The van der Waals surface area contributed by atoms with Crippen molar-refractivity contribution in [1.29, 1.82) is 0 Å². The number of benzene rings is 1. The average molecular weight is 366 g/mol. The molecule has 118 valence electrons. The molecule has 0 heterocycles. The molecule has 0 aromatic heterocycles. The largest absolute Gasteiger partial charge is 0.390 e. The Bertz CT molecular complexity index is 461. The van der Waals surface area contributed by atoms with Crippen LogP contribution in [0.2, 0.25) is 0 Å². The minimum atomic E-state index is -4.15. The van der Waals surface area contributed by atoms with E-state index in [0.29, 0.717) is 12.5 Å². The first-order chi connectivity index (χ1) is 9.90. The molecule has 0 saturated carbocycles. The molecular formula is C14H19BrF3N3. The van der Waals surface area contributed by atoms with Gasteiger partial charge in [-0.1, -0.05) is 28.1 Å². The van der Waals surface area contributed by atoms with Crippen LogP contribution in [0.15, 0.2) is 33.7 Å². The lowest BCUT2D eigenvalue weighted by atomic mass is 10.1. The maximum Gasteiger partial charge on any atom is 0.390 e. The summed E-state index contributed by atoms with van der Waals surface area (Å²) in [4.78, 5) is 3.89. The number of aryl methyl sites for hydroxylation is 1. The van der Waals surface area contributed by atoms with Gasteiger partial charge in [0.2, 0.25) is 0 Å². The molecule has 3 nitrogen and oxygen atoms in total. The van der Waals surface area contributed by atoms with Crippen LogP contribution in [0.1, 0.15) is 18.4 Å². The summed E-state index contributed by atoms with van der Waals surface area (Å²) in [6.45, 7) is 0.479. The Balaban J connectivity index is 2.21. The zero-order chi connectivity index (χ0) is 15.7. The quantitative estimate of drug-likeness (QED) is 0.459. The fourth-order valence-corrected chi connectivity index (χ4v) is 2.18. The number of rotatable bonds is 6. The normalized spacial score (nSPS) is 12.3. The molecule has 1 aromatic rings. The molecule has 7 heteroatoms. The van der Waals surface area contributed by atoms with E-state index in [4.69, 9.17) is 0 Å². The number of aliphatic imine (C=N–C) groups is 1. The van der Waals surface area contributed by atoms with Crippen molar-refractivity contribution in [1.82, 2.24) is 10.6 Å². The Morgan fingerprint density at radius 2 is 1.95 bits per heavy atom. The summed E-state index contributed by atoms with van der Waals surface area (Å²) < 4.78 is 37.1. The van der Waals surface area contributed by atoms with E-state index in [9.17, 15) is 13.2 Å². The van der Waals surface area contributed by atoms with Gasteiger partial charge in [0.1, 0.15) is 0 Å². The Labute approximate surface area is 131 Å². The molecule has 0 amide bonds. The molecule has 0 aliphatic rings. The molecule has 0 aliphatic heterocycles. The van der Waals surface area contributed by atoms with Crippen LogP contribution in [0.3, 0.4) is 0 Å². The first kappa shape index (κ1) is 17.8. The van der Waals surface area contributed by atoms with Crippen LogP contribution in [0.4, 0.5) is 13.2 Å². The highest BCUT2D eigenvalue weighted by molar-refractivity contribution is 9.10. The second-order valence-electron chi connectivity index (χ2n) is 4.52. The lowest BCUT2D eigenvalue weighted by molar-refractivity contribution is -0.132. The van der Waals surface area contributed by atoms with E-state index in [1.54, 1.807) is 0 Å². The van der Waals surface area contributed by atoms with Crippen LogP contribution >= 0.6 is 15.9 Å². The van der Waals surface area contributed by atoms with Crippen molar-refractivity contribution in [3.05, 3.63) is 34.3 Å². The molecule has 0 atom stereocenters. The molecule has 0 fully saturated rings. The molecule has 0 radical (unpaired) electrons. The second kappa shape index (κ2) is 8.92. The summed E-state index contributed by atoms with van der Waals surface area (Å²) in [5, 5.41) is 5.65. The van der Waals surface area contributed by atoms with Gasteiger partial charge < -0.3 is 10.6 Å². The van der Waals surface area contributed by atoms with Gasteiger partial charge in [-0.05, 0) is 30.5 Å². The van der Waals surface area contributed by atoms with Crippen molar-refractivity contribution < 1.29 is 13.2 Å². The summed E-state index contributed by atoms with van der Waals surface area (Å²) >= 11 is 3.41. The Morgan fingerprint density at radius 1 is 1.24 bits per heavy atom. The number of halogens is 4. The predicted molar refractivity (Wildman–Crippen MR) is 82.5 cm³/mol. The third kappa shape index (κ3) is 8.60. The van der Waals surface area contributed by atoms with Crippen LogP contribution in [-0.2, 0) is 6.42 Å². The zero-order valence-electron chi connectivity index (χ0n) is 11.8. The van der Waals surface area contributed by atoms with Gasteiger partial charge in [0.05, 0.1) is 6.42 Å². The zero-order valence-corrected chi connectivity index (χ0v) is 13.4. The fourth-order valence-electron chi connectivity index (χ4n) is 1.74. The fraction of sp³-hybridized carbons (Fsp3) is 0.500. The molecule has 0 bridgehead atoms. The van der Waals surface area contributed by atoms with E-state index >= 15 is 0 Å². The lowest BCUT2D eigenvalue weighted by Crippen LogP contribution is -2.39. The van der Waals surface area contributed by atoms with Crippen molar-refractivity contribution in [3.8, 4) is 0 Å².